The van der Waals surface area contributed by atoms with Crippen LogP contribution in [0.4, 0.5) is 16.5 Å². The van der Waals surface area contributed by atoms with E-state index in [1.807, 2.05) is 12.1 Å². The quantitative estimate of drug-likeness (QED) is 0.702. The SMILES string of the molecule is COc1ccc(NC(=O)c2csc(Nc3cccnc3)n2)c(OC)c1. The number of carbonyl (C=O) groups excluding carboxylic acids is 1. The number of nitrogens with one attached hydrogen (secondary N) is 2. The molecule has 2 N–H and O–H groups in total. The first kappa shape index (κ1) is 16.7. The van der Waals surface area contributed by atoms with Gasteiger partial charge in [-0.25, -0.2) is 4.98 Å². The molecule has 0 saturated heterocycles. The number of carbonyl (C=O) groups is 1. The van der Waals surface area contributed by atoms with Gasteiger partial charge in [0.25, 0.3) is 5.91 Å². The summed E-state index contributed by atoms with van der Waals surface area (Å²) in [5.41, 5.74) is 1.66. The van der Waals surface area contributed by atoms with Gasteiger partial charge < -0.3 is 20.1 Å². The molecule has 0 spiro atoms. The Morgan fingerprint density at radius 3 is 2.80 bits per heavy atom. The highest BCUT2D eigenvalue weighted by molar-refractivity contribution is 7.14. The van der Waals surface area contributed by atoms with Crippen LogP contribution >= 0.6 is 11.3 Å². The van der Waals surface area contributed by atoms with Crippen LogP contribution in [0.5, 0.6) is 11.5 Å². The van der Waals surface area contributed by atoms with Crippen molar-refractivity contribution in [3.63, 3.8) is 0 Å². The summed E-state index contributed by atoms with van der Waals surface area (Å²) in [6, 6.07) is 8.85. The van der Waals surface area contributed by atoms with Gasteiger partial charge in [-0.2, -0.15) is 0 Å². The summed E-state index contributed by atoms with van der Waals surface area (Å²) >= 11 is 1.34. The molecule has 25 heavy (non-hydrogen) atoms. The molecule has 0 atom stereocenters. The van der Waals surface area contributed by atoms with E-state index in [9.17, 15) is 4.79 Å². The predicted octanol–water partition coefficient (Wildman–Crippen LogP) is 3.55. The number of pyridine rings is 1. The van der Waals surface area contributed by atoms with Crippen LogP contribution in [0.25, 0.3) is 0 Å². The first-order valence-corrected chi connectivity index (χ1v) is 8.23. The standard InChI is InChI=1S/C17H16N4O3S/c1-23-12-5-6-13(15(8-12)24-2)20-16(22)14-10-25-17(21-14)19-11-4-3-7-18-9-11/h3-10H,1-2H3,(H,19,21)(H,20,22). The minimum atomic E-state index is -0.320. The van der Waals surface area contributed by atoms with Crippen LogP contribution in [0.3, 0.4) is 0 Å². The lowest BCUT2D eigenvalue weighted by Crippen LogP contribution is -2.13. The van der Waals surface area contributed by atoms with Gasteiger partial charge in [-0.15, -0.1) is 11.3 Å². The third kappa shape index (κ3) is 4.04. The smallest absolute Gasteiger partial charge is 0.275 e. The number of thiazole rings is 1. The zero-order valence-electron chi connectivity index (χ0n) is 13.6. The molecule has 0 radical (unpaired) electrons. The summed E-state index contributed by atoms with van der Waals surface area (Å²) in [7, 11) is 3.10. The van der Waals surface area contributed by atoms with E-state index in [1.165, 1.54) is 18.4 Å². The van der Waals surface area contributed by atoms with Crippen LogP contribution in [-0.2, 0) is 0 Å². The Kier molecular flexibility index (Phi) is 5.10. The molecule has 128 valence electrons. The number of rotatable bonds is 6. The van der Waals surface area contributed by atoms with E-state index < -0.39 is 0 Å². The molecule has 0 bridgehead atoms. The van der Waals surface area contributed by atoms with Gasteiger partial charge in [0.15, 0.2) is 5.13 Å². The molecule has 3 rings (SSSR count). The monoisotopic (exact) mass is 356 g/mol. The van der Waals surface area contributed by atoms with Crippen molar-refractivity contribution in [2.75, 3.05) is 24.9 Å². The minimum Gasteiger partial charge on any atom is -0.497 e. The molecule has 0 aliphatic heterocycles. The highest BCUT2D eigenvalue weighted by Crippen LogP contribution is 2.29. The fraction of sp³-hybridized carbons (Fsp3) is 0.118. The predicted molar refractivity (Wildman–Crippen MR) is 97.1 cm³/mol. The van der Waals surface area contributed by atoms with Gasteiger partial charge in [0.05, 0.1) is 31.8 Å². The summed E-state index contributed by atoms with van der Waals surface area (Å²) in [5, 5.41) is 8.19. The molecule has 0 unspecified atom stereocenters. The first-order valence-electron chi connectivity index (χ1n) is 7.35. The molecule has 7 nitrogen and oxygen atoms in total. The number of ether oxygens (including phenoxy) is 2. The van der Waals surface area contributed by atoms with E-state index in [1.54, 1.807) is 43.1 Å². The summed E-state index contributed by atoms with van der Waals surface area (Å²) in [5.74, 6) is 0.835. The van der Waals surface area contributed by atoms with Crippen LogP contribution in [0, 0.1) is 0 Å². The maximum Gasteiger partial charge on any atom is 0.275 e. The highest BCUT2D eigenvalue weighted by atomic mass is 32.1. The molecule has 0 aliphatic carbocycles. The van der Waals surface area contributed by atoms with E-state index in [-0.39, 0.29) is 5.91 Å². The second-order valence-corrected chi connectivity index (χ2v) is 5.78. The minimum absolute atomic E-state index is 0.314. The van der Waals surface area contributed by atoms with E-state index in [0.717, 1.165) is 5.69 Å². The van der Waals surface area contributed by atoms with Gasteiger partial charge in [0.2, 0.25) is 0 Å². The van der Waals surface area contributed by atoms with E-state index in [2.05, 4.69) is 20.6 Å². The van der Waals surface area contributed by atoms with Gasteiger partial charge in [-0.1, -0.05) is 0 Å². The normalized spacial score (nSPS) is 10.2. The van der Waals surface area contributed by atoms with Crippen LogP contribution in [-0.4, -0.2) is 30.1 Å². The average molecular weight is 356 g/mol. The second-order valence-electron chi connectivity index (χ2n) is 4.92. The molecule has 1 aromatic carbocycles. The molecule has 2 aromatic heterocycles. The van der Waals surface area contributed by atoms with Crippen molar-refractivity contribution in [2.24, 2.45) is 0 Å². The molecule has 3 aromatic rings. The third-order valence-corrected chi connectivity index (χ3v) is 4.06. The zero-order valence-corrected chi connectivity index (χ0v) is 14.5. The van der Waals surface area contributed by atoms with Crippen LogP contribution in [0.2, 0.25) is 0 Å². The lowest BCUT2D eigenvalue weighted by Gasteiger charge is -2.10. The van der Waals surface area contributed by atoms with E-state index >= 15 is 0 Å². The Balaban J connectivity index is 1.72. The van der Waals surface area contributed by atoms with Crippen LogP contribution < -0.4 is 20.1 Å². The van der Waals surface area contributed by atoms with Crippen molar-refractivity contribution in [1.29, 1.82) is 0 Å². The Hall–Kier alpha value is -3.13. The Labute approximate surface area is 148 Å². The lowest BCUT2D eigenvalue weighted by molar-refractivity contribution is 0.102. The second kappa shape index (κ2) is 7.63. The van der Waals surface area contributed by atoms with Gasteiger partial charge in [0, 0.05) is 17.6 Å². The molecule has 1 amide bonds. The van der Waals surface area contributed by atoms with Gasteiger partial charge in [-0.3, -0.25) is 9.78 Å². The number of aromatic nitrogens is 2. The van der Waals surface area contributed by atoms with Gasteiger partial charge in [0.1, 0.15) is 17.2 Å². The summed E-state index contributed by atoms with van der Waals surface area (Å²) in [4.78, 5) is 20.7. The third-order valence-electron chi connectivity index (χ3n) is 3.31. The maximum absolute atomic E-state index is 12.4. The lowest BCUT2D eigenvalue weighted by atomic mass is 10.2. The Morgan fingerprint density at radius 1 is 1.20 bits per heavy atom. The number of hydrogen-bond donors (Lipinski definition) is 2. The Bertz CT molecular complexity index is 867. The summed E-state index contributed by atoms with van der Waals surface area (Å²) in [6.45, 7) is 0. The first-order chi connectivity index (χ1) is 12.2. The molecular formula is C17H16N4O3S. The Morgan fingerprint density at radius 2 is 2.08 bits per heavy atom. The van der Waals surface area contributed by atoms with E-state index in [4.69, 9.17) is 9.47 Å². The van der Waals surface area contributed by atoms with Crippen LogP contribution in [0.15, 0.2) is 48.1 Å². The largest absolute Gasteiger partial charge is 0.497 e. The van der Waals surface area contributed by atoms with Crippen molar-refractivity contribution in [2.45, 2.75) is 0 Å². The average Bonchev–Trinajstić information content (AvgIpc) is 3.11. The molecule has 8 heteroatoms. The molecule has 0 saturated carbocycles. The maximum atomic E-state index is 12.4. The fourth-order valence-corrected chi connectivity index (χ4v) is 2.79. The topological polar surface area (TPSA) is 85.4 Å². The van der Waals surface area contributed by atoms with Crippen molar-refractivity contribution in [3.8, 4) is 11.5 Å². The molecule has 2 heterocycles. The van der Waals surface area contributed by atoms with Gasteiger partial charge >= 0.3 is 0 Å². The zero-order chi connectivity index (χ0) is 17.6. The highest BCUT2D eigenvalue weighted by Gasteiger charge is 2.14. The number of nitrogens with zero attached hydrogens (tertiary/aromatic N) is 2. The summed E-state index contributed by atoms with van der Waals surface area (Å²) in [6.07, 6.45) is 3.37. The fourth-order valence-electron chi connectivity index (χ4n) is 2.08. The van der Waals surface area contributed by atoms with E-state index in [0.29, 0.717) is 28.0 Å². The molecule has 0 fully saturated rings. The molecular weight excluding hydrogens is 340 g/mol. The number of amides is 1. The number of methoxy groups -OCH3 is 2. The van der Waals surface area contributed by atoms with Crippen molar-refractivity contribution >= 4 is 33.8 Å². The van der Waals surface area contributed by atoms with Crippen molar-refractivity contribution in [3.05, 3.63) is 53.8 Å². The molecule has 0 aliphatic rings. The van der Waals surface area contributed by atoms with Gasteiger partial charge in [-0.05, 0) is 24.3 Å². The van der Waals surface area contributed by atoms with Crippen LogP contribution in [0.1, 0.15) is 10.5 Å². The number of benzene rings is 1. The number of hydrogen-bond acceptors (Lipinski definition) is 7. The number of anilines is 3. The summed E-state index contributed by atoms with van der Waals surface area (Å²) < 4.78 is 10.4. The van der Waals surface area contributed by atoms with Crippen molar-refractivity contribution < 1.29 is 14.3 Å². The van der Waals surface area contributed by atoms with Crippen molar-refractivity contribution in [1.82, 2.24) is 9.97 Å².